The Labute approximate surface area is 138 Å². The van der Waals surface area contributed by atoms with Crippen LogP contribution in [-0.4, -0.2) is 20.1 Å². The van der Waals surface area contributed by atoms with E-state index in [0.717, 1.165) is 25.3 Å². The highest BCUT2D eigenvalue weighted by molar-refractivity contribution is 5.85. The summed E-state index contributed by atoms with van der Waals surface area (Å²) >= 11 is 0. The average molecular weight is 326 g/mol. The maximum atomic E-state index is 5.85. The number of anilines is 3. The number of rotatable bonds is 2. The number of nitrogens with zero attached hydrogens (tertiary/aromatic N) is 2. The maximum Gasteiger partial charge on any atom is 0.0607 e. The van der Waals surface area contributed by atoms with Crippen LogP contribution in [0.1, 0.15) is 5.56 Å². The van der Waals surface area contributed by atoms with Crippen LogP contribution in [0, 0.1) is 0 Å². The number of likely N-dealkylation sites (N-methyl/N-ethyl adjacent to an activating group) is 1. The van der Waals surface area contributed by atoms with Crippen LogP contribution in [0.25, 0.3) is 0 Å². The van der Waals surface area contributed by atoms with Crippen molar-refractivity contribution in [2.45, 2.75) is 6.54 Å². The van der Waals surface area contributed by atoms with Crippen LogP contribution in [0.4, 0.5) is 17.1 Å². The van der Waals surface area contributed by atoms with Gasteiger partial charge in [-0.3, -0.25) is 0 Å². The Balaban J connectivity index is 0.00000110. The fourth-order valence-corrected chi connectivity index (χ4v) is 2.64. The number of halogens is 2. The van der Waals surface area contributed by atoms with Gasteiger partial charge >= 0.3 is 0 Å². The molecule has 0 spiro atoms. The topological polar surface area (TPSA) is 32.5 Å². The molecule has 0 saturated carbocycles. The SMILES string of the molecule is CN1CCN(Cc2cccc(N)c2)c2ccccc21.Cl.Cl. The molecule has 0 aliphatic carbocycles. The zero-order valence-electron chi connectivity index (χ0n) is 12.0. The van der Waals surface area contributed by atoms with Gasteiger partial charge in [0.2, 0.25) is 0 Å². The van der Waals surface area contributed by atoms with E-state index in [0.29, 0.717) is 0 Å². The molecule has 21 heavy (non-hydrogen) atoms. The van der Waals surface area contributed by atoms with Gasteiger partial charge in [-0.25, -0.2) is 0 Å². The average Bonchev–Trinajstić information content (AvgIpc) is 2.42. The van der Waals surface area contributed by atoms with Crippen molar-refractivity contribution in [2.75, 3.05) is 35.7 Å². The van der Waals surface area contributed by atoms with Crippen molar-refractivity contribution in [2.24, 2.45) is 0 Å². The summed E-state index contributed by atoms with van der Waals surface area (Å²) in [5.74, 6) is 0. The first-order valence-corrected chi connectivity index (χ1v) is 6.63. The van der Waals surface area contributed by atoms with Crippen molar-refractivity contribution >= 4 is 41.9 Å². The van der Waals surface area contributed by atoms with E-state index in [2.05, 4.69) is 53.2 Å². The molecule has 114 valence electrons. The van der Waals surface area contributed by atoms with E-state index in [4.69, 9.17) is 5.73 Å². The summed E-state index contributed by atoms with van der Waals surface area (Å²) in [6, 6.07) is 16.7. The van der Waals surface area contributed by atoms with E-state index in [9.17, 15) is 0 Å². The zero-order valence-corrected chi connectivity index (χ0v) is 13.7. The lowest BCUT2D eigenvalue weighted by atomic mass is 10.1. The van der Waals surface area contributed by atoms with E-state index < -0.39 is 0 Å². The van der Waals surface area contributed by atoms with Crippen molar-refractivity contribution in [3.8, 4) is 0 Å². The third kappa shape index (κ3) is 3.74. The van der Waals surface area contributed by atoms with Crippen LogP contribution in [0.2, 0.25) is 0 Å². The van der Waals surface area contributed by atoms with Crippen molar-refractivity contribution in [3.05, 3.63) is 54.1 Å². The van der Waals surface area contributed by atoms with E-state index >= 15 is 0 Å². The van der Waals surface area contributed by atoms with Crippen molar-refractivity contribution in [3.63, 3.8) is 0 Å². The summed E-state index contributed by atoms with van der Waals surface area (Å²) in [5.41, 5.74) is 10.6. The van der Waals surface area contributed by atoms with Gasteiger partial charge in [0.25, 0.3) is 0 Å². The van der Waals surface area contributed by atoms with E-state index in [1.165, 1.54) is 16.9 Å². The Morgan fingerprint density at radius 1 is 0.952 bits per heavy atom. The summed E-state index contributed by atoms with van der Waals surface area (Å²) < 4.78 is 0. The van der Waals surface area contributed by atoms with Gasteiger partial charge in [-0.2, -0.15) is 0 Å². The minimum absolute atomic E-state index is 0. The summed E-state index contributed by atoms with van der Waals surface area (Å²) in [7, 11) is 2.15. The molecule has 3 rings (SSSR count). The van der Waals surface area contributed by atoms with E-state index in [-0.39, 0.29) is 24.8 Å². The Bertz CT molecular complexity index is 589. The van der Waals surface area contributed by atoms with Gasteiger partial charge in [0.05, 0.1) is 11.4 Å². The van der Waals surface area contributed by atoms with Gasteiger partial charge in [0.15, 0.2) is 0 Å². The molecule has 0 aromatic heterocycles. The largest absolute Gasteiger partial charge is 0.399 e. The number of benzene rings is 2. The van der Waals surface area contributed by atoms with Gasteiger partial charge < -0.3 is 15.5 Å². The Morgan fingerprint density at radius 2 is 1.67 bits per heavy atom. The van der Waals surface area contributed by atoms with Crippen LogP contribution in [0.15, 0.2) is 48.5 Å². The highest BCUT2D eigenvalue weighted by Crippen LogP contribution is 2.32. The standard InChI is InChI=1S/C16H19N3.2ClH/c1-18-9-10-19(16-8-3-2-7-15(16)18)12-13-5-4-6-14(17)11-13;;/h2-8,11H,9-10,12,17H2,1H3;2*1H. The Kier molecular flexibility index (Phi) is 6.19. The molecular formula is C16H21Cl2N3. The van der Waals surface area contributed by atoms with Gasteiger partial charge in [-0.15, -0.1) is 24.8 Å². The van der Waals surface area contributed by atoms with Gasteiger partial charge in [0.1, 0.15) is 0 Å². The van der Waals surface area contributed by atoms with Crippen LogP contribution < -0.4 is 15.5 Å². The lowest BCUT2D eigenvalue weighted by molar-refractivity contribution is 0.735. The third-order valence-corrected chi connectivity index (χ3v) is 3.66. The number of hydrogen-bond donors (Lipinski definition) is 1. The predicted molar refractivity (Wildman–Crippen MR) is 96.1 cm³/mol. The highest BCUT2D eigenvalue weighted by atomic mass is 35.5. The summed E-state index contributed by atoms with van der Waals surface area (Å²) in [5, 5.41) is 0. The van der Waals surface area contributed by atoms with Crippen LogP contribution in [-0.2, 0) is 6.54 Å². The van der Waals surface area contributed by atoms with Crippen molar-refractivity contribution in [1.82, 2.24) is 0 Å². The molecule has 5 heteroatoms. The molecule has 3 nitrogen and oxygen atoms in total. The van der Waals surface area contributed by atoms with Gasteiger partial charge in [0, 0.05) is 32.4 Å². The molecule has 2 aromatic carbocycles. The van der Waals surface area contributed by atoms with Crippen LogP contribution >= 0.6 is 24.8 Å². The molecule has 1 heterocycles. The number of fused-ring (bicyclic) bond motifs is 1. The molecule has 0 fully saturated rings. The fourth-order valence-electron chi connectivity index (χ4n) is 2.64. The van der Waals surface area contributed by atoms with Gasteiger partial charge in [-0.05, 0) is 29.8 Å². The molecule has 2 N–H and O–H groups in total. The van der Waals surface area contributed by atoms with Crippen molar-refractivity contribution < 1.29 is 0 Å². The second kappa shape index (κ2) is 7.43. The fraction of sp³-hybridized carbons (Fsp3) is 0.250. The van der Waals surface area contributed by atoms with Crippen LogP contribution in [0.5, 0.6) is 0 Å². The second-order valence-corrected chi connectivity index (χ2v) is 5.08. The number of hydrogen-bond acceptors (Lipinski definition) is 3. The number of nitrogens with two attached hydrogens (primary N) is 1. The first-order chi connectivity index (χ1) is 9.24. The lowest BCUT2D eigenvalue weighted by Gasteiger charge is -2.37. The van der Waals surface area contributed by atoms with Gasteiger partial charge in [-0.1, -0.05) is 24.3 Å². The zero-order chi connectivity index (χ0) is 13.2. The molecule has 1 aliphatic rings. The van der Waals surface area contributed by atoms with E-state index in [1.54, 1.807) is 0 Å². The normalized spacial score (nSPS) is 13.0. The molecule has 0 unspecified atom stereocenters. The first-order valence-electron chi connectivity index (χ1n) is 6.63. The molecule has 1 aliphatic heterocycles. The number of nitrogen functional groups attached to an aromatic ring is 1. The van der Waals surface area contributed by atoms with Crippen LogP contribution in [0.3, 0.4) is 0 Å². The smallest absolute Gasteiger partial charge is 0.0607 e. The summed E-state index contributed by atoms with van der Waals surface area (Å²) in [6.07, 6.45) is 0. The maximum absolute atomic E-state index is 5.85. The molecule has 0 saturated heterocycles. The minimum Gasteiger partial charge on any atom is -0.399 e. The lowest BCUT2D eigenvalue weighted by Crippen LogP contribution is -2.38. The quantitative estimate of drug-likeness (QED) is 0.857. The van der Waals surface area contributed by atoms with Crippen molar-refractivity contribution in [1.29, 1.82) is 0 Å². The highest BCUT2D eigenvalue weighted by Gasteiger charge is 2.19. The first kappa shape index (κ1) is 17.5. The predicted octanol–water partition coefficient (Wildman–Crippen LogP) is 3.57. The molecule has 0 atom stereocenters. The summed E-state index contributed by atoms with van der Waals surface area (Å²) in [4.78, 5) is 4.73. The molecule has 2 aromatic rings. The number of para-hydroxylation sites is 2. The minimum atomic E-state index is 0. The van der Waals surface area contributed by atoms with E-state index in [1.807, 2.05) is 12.1 Å². The summed E-state index contributed by atoms with van der Waals surface area (Å²) in [6.45, 7) is 3.01. The molecule has 0 radical (unpaired) electrons. The second-order valence-electron chi connectivity index (χ2n) is 5.08. The molecule has 0 bridgehead atoms. The third-order valence-electron chi connectivity index (χ3n) is 3.66. The Hall–Kier alpha value is -1.58. The molecular weight excluding hydrogens is 305 g/mol. The monoisotopic (exact) mass is 325 g/mol. The molecule has 0 amide bonds. The Morgan fingerprint density at radius 3 is 2.38 bits per heavy atom.